The quantitative estimate of drug-likeness (QED) is 0.385. The summed E-state index contributed by atoms with van der Waals surface area (Å²) in [6, 6.07) is 0. The molecule has 0 atom stereocenters. The van der Waals surface area contributed by atoms with Gasteiger partial charge in [0.05, 0.1) is 0 Å². The van der Waals surface area contributed by atoms with Gasteiger partial charge in [-0.2, -0.15) is 0 Å². The van der Waals surface area contributed by atoms with Crippen LogP contribution in [0.3, 0.4) is 0 Å². The molecule has 0 radical (unpaired) electrons. The molecule has 4 nitrogen and oxygen atoms in total. The molecule has 0 fully saturated rings. The molecule has 6 N–H and O–H groups in total. The zero-order valence-electron chi connectivity index (χ0n) is 3.77. The summed E-state index contributed by atoms with van der Waals surface area (Å²) in [5.41, 5.74) is 4.53. The highest BCUT2D eigenvalue weighted by molar-refractivity contribution is 5.84. The minimum absolute atomic E-state index is 0. The number of nitrogens with two attached hydrogens (primary N) is 1. The Kier molecular flexibility index (Phi) is 21.0. The van der Waals surface area contributed by atoms with Crippen LogP contribution in [0, 0.1) is 0 Å². The van der Waals surface area contributed by atoms with E-state index in [2.05, 4.69) is 12.3 Å². The second-order valence-electron chi connectivity index (χ2n) is 0.606. The number of carbonyl (C=O) groups excluding carboxylic acids is 1. The monoisotopic (exact) mass is 107 g/mol. The van der Waals surface area contributed by atoms with Crippen molar-refractivity contribution in [3.8, 4) is 0 Å². The molecule has 4 heteroatoms. The minimum atomic E-state index is -0.481. The van der Waals surface area contributed by atoms with Crippen molar-refractivity contribution >= 4 is 5.91 Å². The van der Waals surface area contributed by atoms with E-state index in [1.54, 1.807) is 0 Å². The van der Waals surface area contributed by atoms with Gasteiger partial charge in [0.1, 0.15) is 0 Å². The van der Waals surface area contributed by atoms with E-state index in [9.17, 15) is 4.79 Å². The fourth-order valence-corrected chi connectivity index (χ4v) is 0. The first-order chi connectivity index (χ1) is 2.27. The van der Waals surface area contributed by atoms with E-state index < -0.39 is 5.91 Å². The van der Waals surface area contributed by atoms with Gasteiger partial charge in [-0.25, -0.2) is 0 Å². The predicted octanol–water partition coefficient (Wildman–Crippen LogP) is -1.99. The van der Waals surface area contributed by atoms with Gasteiger partial charge in [0, 0.05) is 0 Å². The maximum atomic E-state index is 9.47. The summed E-state index contributed by atoms with van der Waals surface area (Å²) >= 11 is 0. The Hall–Kier alpha value is -0.870. The second kappa shape index (κ2) is 8.93. The molecular formula is C3H9NO3. The lowest BCUT2D eigenvalue weighted by molar-refractivity contribution is -0.113. The molecule has 0 heterocycles. The molecule has 0 aromatic carbocycles. The van der Waals surface area contributed by atoms with E-state index in [1.807, 2.05) is 0 Å². The molecule has 0 bridgehead atoms. The standard InChI is InChI=1S/C3H5NO.2H2O/c1-2-3(4)5;;/h2H,1H2,(H2,4,5);2*1H2. The van der Waals surface area contributed by atoms with Gasteiger partial charge in [0.15, 0.2) is 0 Å². The van der Waals surface area contributed by atoms with Crippen LogP contribution in [0.25, 0.3) is 0 Å². The molecular weight excluding hydrogens is 98.0 g/mol. The van der Waals surface area contributed by atoms with E-state index >= 15 is 0 Å². The van der Waals surface area contributed by atoms with Crippen molar-refractivity contribution in [1.82, 2.24) is 0 Å². The maximum Gasteiger partial charge on any atom is 0.240 e. The zero-order chi connectivity index (χ0) is 4.28. The van der Waals surface area contributed by atoms with E-state index in [0.717, 1.165) is 6.08 Å². The van der Waals surface area contributed by atoms with Crippen LogP contribution in [0.1, 0.15) is 0 Å². The van der Waals surface area contributed by atoms with Crippen LogP contribution in [0.5, 0.6) is 0 Å². The lowest BCUT2D eigenvalue weighted by atomic mass is 10.6. The number of carbonyl (C=O) groups is 1. The van der Waals surface area contributed by atoms with Crippen molar-refractivity contribution in [1.29, 1.82) is 0 Å². The van der Waals surface area contributed by atoms with E-state index in [0.29, 0.717) is 0 Å². The summed E-state index contributed by atoms with van der Waals surface area (Å²) in [5.74, 6) is -0.481. The zero-order valence-corrected chi connectivity index (χ0v) is 3.77. The molecule has 0 aliphatic heterocycles. The fourth-order valence-electron chi connectivity index (χ4n) is 0. The normalized spacial score (nSPS) is 4.57. The molecule has 7 heavy (non-hydrogen) atoms. The van der Waals surface area contributed by atoms with Gasteiger partial charge in [-0.05, 0) is 6.08 Å². The van der Waals surface area contributed by atoms with Crippen LogP contribution in [0.2, 0.25) is 0 Å². The van der Waals surface area contributed by atoms with Gasteiger partial charge >= 0.3 is 0 Å². The van der Waals surface area contributed by atoms with Crippen molar-refractivity contribution in [2.24, 2.45) is 5.73 Å². The van der Waals surface area contributed by atoms with Crippen molar-refractivity contribution in [3.63, 3.8) is 0 Å². The van der Waals surface area contributed by atoms with E-state index in [1.165, 1.54) is 0 Å². The number of hydrogen-bond donors (Lipinski definition) is 1. The average molecular weight is 107 g/mol. The number of hydrogen-bond acceptors (Lipinski definition) is 1. The summed E-state index contributed by atoms with van der Waals surface area (Å²) in [5, 5.41) is 0. The summed E-state index contributed by atoms with van der Waals surface area (Å²) in [6.45, 7) is 3.09. The van der Waals surface area contributed by atoms with Crippen molar-refractivity contribution in [2.45, 2.75) is 0 Å². The van der Waals surface area contributed by atoms with Gasteiger partial charge in [-0.3, -0.25) is 4.79 Å². The SMILES string of the molecule is C=CC(N)=O.O.O. The molecule has 0 aliphatic carbocycles. The Balaban J connectivity index is -0.0000000800. The Morgan fingerprint density at radius 2 is 1.71 bits per heavy atom. The molecule has 0 saturated carbocycles. The lowest BCUT2D eigenvalue weighted by Crippen LogP contribution is -2.04. The first-order valence-electron chi connectivity index (χ1n) is 1.19. The minimum Gasteiger partial charge on any atom is -0.412 e. The van der Waals surface area contributed by atoms with Crippen molar-refractivity contribution < 1.29 is 15.7 Å². The van der Waals surface area contributed by atoms with Crippen LogP contribution >= 0.6 is 0 Å². The van der Waals surface area contributed by atoms with Gasteiger partial charge in [0.25, 0.3) is 0 Å². The summed E-state index contributed by atoms with van der Waals surface area (Å²) < 4.78 is 0. The first-order valence-corrected chi connectivity index (χ1v) is 1.19. The maximum absolute atomic E-state index is 9.47. The van der Waals surface area contributed by atoms with Crippen molar-refractivity contribution in [2.75, 3.05) is 0 Å². The summed E-state index contributed by atoms with van der Waals surface area (Å²) in [7, 11) is 0. The van der Waals surface area contributed by atoms with Crippen LogP contribution in [-0.4, -0.2) is 16.9 Å². The van der Waals surface area contributed by atoms with Gasteiger partial charge < -0.3 is 16.7 Å². The third kappa shape index (κ3) is 39.4. The molecule has 1 amide bonds. The molecule has 0 unspecified atom stereocenters. The topological polar surface area (TPSA) is 106 Å². The molecule has 0 aromatic rings. The smallest absolute Gasteiger partial charge is 0.240 e. The predicted molar refractivity (Wildman–Crippen MR) is 26.6 cm³/mol. The molecule has 0 spiro atoms. The molecule has 0 rings (SSSR count). The lowest BCUT2D eigenvalue weighted by Gasteiger charge is -1.65. The summed E-state index contributed by atoms with van der Waals surface area (Å²) in [6.07, 6.45) is 1.06. The van der Waals surface area contributed by atoms with Crippen molar-refractivity contribution in [3.05, 3.63) is 12.7 Å². The highest BCUT2D eigenvalue weighted by atomic mass is 16.1. The first kappa shape index (κ1) is 16.5. The largest absolute Gasteiger partial charge is 0.412 e. The number of rotatable bonds is 1. The Morgan fingerprint density at radius 3 is 1.71 bits per heavy atom. The Morgan fingerprint density at radius 1 is 1.57 bits per heavy atom. The Labute approximate surface area is 41.2 Å². The molecule has 0 aromatic heterocycles. The number of amides is 1. The second-order valence-corrected chi connectivity index (χ2v) is 0.606. The van der Waals surface area contributed by atoms with Gasteiger partial charge in [-0.15, -0.1) is 0 Å². The van der Waals surface area contributed by atoms with Crippen LogP contribution in [0.4, 0.5) is 0 Å². The summed E-state index contributed by atoms with van der Waals surface area (Å²) in [4.78, 5) is 9.47. The molecule has 0 saturated heterocycles. The average Bonchev–Trinajstić information content (AvgIpc) is 1.38. The van der Waals surface area contributed by atoms with Crippen LogP contribution < -0.4 is 5.73 Å². The highest BCUT2D eigenvalue weighted by Gasteiger charge is 1.69. The highest BCUT2D eigenvalue weighted by Crippen LogP contribution is 1.48. The van der Waals surface area contributed by atoms with Crippen LogP contribution in [0.15, 0.2) is 12.7 Å². The third-order valence-electron chi connectivity index (χ3n) is 0.201. The van der Waals surface area contributed by atoms with Gasteiger partial charge in [0.2, 0.25) is 5.91 Å². The van der Waals surface area contributed by atoms with E-state index in [-0.39, 0.29) is 11.0 Å². The fraction of sp³-hybridized carbons (Fsp3) is 0. The van der Waals surface area contributed by atoms with Crippen LogP contribution in [-0.2, 0) is 4.79 Å². The third-order valence-corrected chi connectivity index (χ3v) is 0.201. The molecule has 0 aliphatic rings. The number of primary amides is 1. The molecule has 44 valence electrons. The van der Waals surface area contributed by atoms with Gasteiger partial charge in [-0.1, -0.05) is 6.58 Å². The Bertz CT molecular complexity index is 61.2. The van der Waals surface area contributed by atoms with E-state index in [4.69, 9.17) is 0 Å².